The Morgan fingerprint density at radius 2 is 2.00 bits per heavy atom. The number of carbonyl (C=O) groups excluding carboxylic acids is 1. The smallest absolute Gasteiger partial charge is 0.306 e. The van der Waals surface area contributed by atoms with Gasteiger partial charge in [0.25, 0.3) is 0 Å². The van der Waals surface area contributed by atoms with Crippen molar-refractivity contribution in [3.63, 3.8) is 0 Å². The van der Waals surface area contributed by atoms with Gasteiger partial charge in [0.1, 0.15) is 0 Å². The Labute approximate surface area is 117 Å². The third-order valence-corrected chi connectivity index (χ3v) is 3.78. The summed E-state index contributed by atoms with van der Waals surface area (Å²) in [5.74, 6) is -0.167. The summed E-state index contributed by atoms with van der Waals surface area (Å²) >= 11 is 1.68. The topological polar surface area (TPSA) is 52.3 Å². The number of benzene rings is 1. The van der Waals surface area contributed by atoms with Gasteiger partial charge in [-0.15, -0.1) is 11.3 Å². The minimum Gasteiger partial charge on any atom is -0.465 e. The fourth-order valence-electron chi connectivity index (χ4n) is 1.79. The first-order valence-corrected chi connectivity index (χ1v) is 7.15. The van der Waals surface area contributed by atoms with E-state index in [-0.39, 0.29) is 5.97 Å². The number of ether oxygens (including phenoxy) is 1. The number of esters is 1. The SMILES string of the molecule is Nc1ccccc1CCC(=O)OCCc1cccs1. The van der Waals surface area contributed by atoms with Crippen LogP contribution in [0.25, 0.3) is 0 Å². The first kappa shape index (κ1) is 13.6. The van der Waals surface area contributed by atoms with Crippen LogP contribution in [0.2, 0.25) is 0 Å². The maximum Gasteiger partial charge on any atom is 0.306 e. The maximum atomic E-state index is 11.6. The average Bonchev–Trinajstić information content (AvgIpc) is 2.91. The highest BCUT2D eigenvalue weighted by atomic mass is 32.1. The predicted molar refractivity (Wildman–Crippen MR) is 78.2 cm³/mol. The molecule has 4 heteroatoms. The van der Waals surface area contributed by atoms with Gasteiger partial charge >= 0.3 is 5.97 Å². The molecule has 0 spiro atoms. The molecule has 0 atom stereocenters. The Bertz CT molecular complexity index is 523. The number of carbonyl (C=O) groups is 1. The number of para-hydroxylation sites is 1. The van der Waals surface area contributed by atoms with Gasteiger partial charge in [-0.25, -0.2) is 0 Å². The molecule has 0 saturated heterocycles. The average molecular weight is 275 g/mol. The normalized spacial score (nSPS) is 10.3. The van der Waals surface area contributed by atoms with E-state index in [1.807, 2.05) is 41.8 Å². The Kier molecular flexibility index (Phi) is 4.98. The molecule has 0 aliphatic rings. The molecule has 0 bridgehead atoms. The molecule has 1 aromatic heterocycles. The van der Waals surface area contributed by atoms with Gasteiger partial charge in [0.15, 0.2) is 0 Å². The standard InChI is InChI=1S/C15H17NO2S/c16-14-6-2-1-4-12(14)7-8-15(17)18-10-9-13-5-3-11-19-13/h1-6,11H,7-10,16H2. The fraction of sp³-hybridized carbons (Fsp3) is 0.267. The molecule has 2 rings (SSSR count). The molecule has 0 unspecified atom stereocenters. The second-order valence-corrected chi connectivity index (χ2v) is 5.28. The van der Waals surface area contributed by atoms with Crippen LogP contribution in [0.1, 0.15) is 16.9 Å². The summed E-state index contributed by atoms with van der Waals surface area (Å²) in [6.07, 6.45) is 1.79. The van der Waals surface area contributed by atoms with Gasteiger partial charge in [0, 0.05) is 23.4 Å². The zero-order valence-electron chi connectivity index (χ0n) is 10.7. The fourth-order valence-corrected chi connectivity index (χ4v) is 2.48. The molecule has 0 fully saturated rings. The van der Waals surface area contributed by atoms with Crippen molar-refractivity contribution in [2.24, 2.45) is 0 Å². The Balaban J connectivity index is 1.69. The molecule has 3 nitrogen and oxygen atoms in total. The number of aryl methyl sites for hydroxylation is 1. The van der Waals surface area contributed by atoms with Crippen LogP contribution in [-0.2, 0) is 22.4 Å². The van der Waals surface area contributed by atoms with Crippen LogP contribution in [-0.4, -0.2) is 12.6 Å². The van der Waals surface area contributed by atoms with E-state index in [9.17, 15) is 4.79 Å². The monoisotopic (exact) mass is 275 g/mol. The van der Waals surface area contributed by atoms with E-state index in [1.165, 1.54) is 4.88 Å². The van der Waals surface area contributed by atoms with Crippen molar-refractivity contribution >= 4 is 23.0 Å². The molecule has 0 saturated carbocycles. The van der Waals surface area contributed by atoms with Crippen LogP contribution in [0.15, 0.2) is 41.8 Å². The molecule has 1 heterocycles. The van der Waals surface area contributed by atoms with Crippen molar-refractivity contribution < 1.29 is 9.53 Å². The van der Waals surface area contributed by atoms with Gasteiger partial charge in [-0.1, -0.05) is 24.3 Å². The number of hydrogen-bond donors (Lipinski definition) is 1. The number of hydrogen-bond acceptors (Lipinski definition) is 4. The van der Waals surface area contributed by atoms with E-state index < -0.39 is 0 Å². The molecular formula is C15H17NO2S. The van der Waals surface area contributed by atoms with Gasteiger partial charge in [-0.2, -0.15) is 0 Å². The number of nitrogens with two attached hydrogens (primary N) is 1. The molecule has 0 aliphatic carbocycles. The molecule has 100 valence electrons. The number of anilines is 1. The van der Waals surface area contributed by atoms with E-state index in [4.69, 9.17) is 10.5 Å². The van der Waals surface area contributed by atoms with E-state index in [2.05, 4.69) is 0 Å². The summed E-state index contributed by atoms with van der Waals surface area (Å²) in [5, 5.41) is 2.02. The summed E-state index contributed by atoms with van der Waals surface area (Å²) < 4.78 is 5.20. The summed E-state index contributed by atoms with van der Waals surface area (Å²) in [4.78, 5) is 12.8. The van der Waals surface area contributed by atoms with Crippen LogP contribution in [0.4, 0.5) is 5.69 Å². The Morgan fingerprint density at radius 3 is 2.74 bits per heavy atom. The molecule has 0 amide bonds. The van der Waals surface area contributed by atoms with E-state index in [0.29, 0.717) is 19.4 Å². The van der Waals surface area contributed by atoms with Gasteiger partial charge in [0.05, 0.1) is 6.61 Å². The molecule has 19 heavy (non-hydrogen) atoms. The van der Waals surface area contributed by atoms with Crippen LogP contribution >= 0.6 is 11.3 Å². The lowest BCUT2D eigenvalue weighted by Crippen LogP contribution is -2.08. The lowest BCUT2D eigenvalue weighted by Gasteiger charge is -2.06. The van der Waals surface area contributed by atoms with Crippen molar-refractivity contribution in [3.05, 3.63) is 52.2 Å². The zero-order valence-corrected chi connectivity index (χ0v) is 11.5. The lowest BCUT2D eigenvalue weighted by molar-refractivity contribution is -0.143. The molecule has 0 aliphatic heterocycles. The summed E-state index contributed by atoms with van der Waals surface area (Å²) in [5.41, 5.74) is 7.55. The highest BCUT2D eigenvalue weighted by Crippen LogP contribution is 2.13. The lowest BCUT2D eigenvalue weighted by atomic mass is 10.1. The second kappa shape index (κ2) is 6.95. The largest absolute Gasteiger partial charge is 0.465 e. The highest BCUT2D eigenvalue weighted by molar-refractivity contribution is 7.09. The van der Waals surface area contributed by atoms with Crippen LogP contribution in [0.3, 0.4) is 0 Å². The van der Waals surface area contributed by atoms with Crippen molar-refractivity contribution in [1.82, 2.24) is 0 Å². The second-order valence-electron chi connectivity index (χ2n) is 4.25. The van der Waals surface area contributed by atoms with Crippen molar-refractivity contribution in [1.29, 1.82) is 0 Å². The third kappa shape index (κ3) is 4.41. The quantitative estimate of drug-likeness (QED) is 0.651. The number of rotatable bonds is 6. The van der Waals surface area contributed by atoms with Crippen molar-refractivity contribution in [2.45, 2.75) is 19.3 Å². The summed E-state index contributed by atoms with van der Waals surface area (Å²) in [7, 11) is 0. The maximum absolute atomic E-state index is 11.6. The molecule has 1 aromatic carbocycles. The number of nitrogen functional groups attached to an aromatic ring is 1. The van der Waals surface area contributed by atoms with E-state index in [0.717, 1.165) is 17.7 Å². The minimum absolute atomic E-state index is 0.167. The molecule has 2 aromatic rings. The Hall–Kier alpha value is -1.81. The minimum atomic E-state index is -0.167. The molecule has 0 radical (unpaired) electrons. The van der Waals surface area contributed by atoms with Gasteiger partial charge in [0.2, 0.25) is 0 Å². The third-order valence-electron chi connectivity index (χ3n) is 2.85. The van der Waals surface area contributed by atoms with Gasteiger partial charge in [-0.05, 0) is 29.5 Å². The van der Waals surface area contributed by atoms with Crippen LogP contribution in [0.5, 0.6) is 0 Å². The first-order valence-electron chi connectivity index (χ1n) is 6.27. The van der Waals surface area contributed by atoms with E-state index >= 15 is 0 Å². The summed E-state index contributed by atoms with van der Waals surface area (Å²) in [6, 6.07) is 11.6. The Morgan fingerprint density at radius 1 is 1.16 bits per heavy atom. The number of thiophene rings is 1. The zero-order chi connectivity index (χ0) is 13.5. The molecular weight excluding hydrogens is 258 g/mol. The molecule has 2 N–H and O–H groups in total. The first-order chi connectivity index (χ1) is 9.25. The van der Waals surface area contributed by atoms with Crippen molar-refractivity contribution in [2.75, 3.05) is 12.3 Å². The van der Waals surface area contributed by atoms with Crippen LogP contribution < -0.4 is 5.73 Å². The summed E-state index contributed by atoms with van der Waals surface area (Å²) in [6.45, 7) is 0.448. The predicted octanol–water partition coefficient (Wildman–Crippen LogP) is 3.05. The van der Waals surface area contributed by atoms with Crippen molar-refractivity contribution in [3.8, 4) is 0 Å². The van der Waals surface area contributed by atoms with Gasteiger partial charge < -0.3 is 10.5 Å². The highest BCUT2D eigenvalue weighted by Gasteiger charge is 2.05. The van der Waals surface area contributed by atoms with Crippen LogP contribution in [0, 0.1) is 0 Å². The van der Waals surface area contributed by atoms with E-state index in [1.54, 1.807) is 11.3 Å². The van der Waals surface area contributed by atoms with Gasteiger partial charge in [-0.3, -0.25) is 4.79 Å².